The van der Waals surface area contributed by atoms with Crippen LogP contribution in [0.1, 0.15) is 46.0 Å². The van der Waals surface area contributed by atoms with E-state index >= 15 is 0 Å². The van der Waals surface area contributed by atoms with Crippen molar-refractivity contribution in [2.75, 3.05) is 44.7 Å². The van der Waals surface area contributed by atoms with Gasteiger partial charge in [-0.25, -0.2) is 4.98 Å². The molecule has 0 aromatic carbocycles. The summed E-state index contributed by atoms with van der Waals surface area (Å²) in [5.41, 5.74) is 1.30. The highest BCUT2D eigenvalue weighted by Gasteiger charge is 2.36. The SMILES string of the molecule is CCC1(CC)CCN(C(=NC)NCC2CCCN(c3nccn4cnnc34)C2)C1. The van der Waals surface area contributed by atoms with E-state index in [1.54, 1.807) is 6.33 Å². The maximum Gasteiger partial charge on any atom is 0.203 e. The van der Waals surface area contributed by atoms with Crippen LogP contribution in [-0.2, 0) is 0 Å². The van der Waals surface area contributed by atoms with E-state index in [9.17, 15) is 0 Å². The molecule has 4 rings (SSSR count). The molecule has 1 unspecified atom stereocenters. The smallest absolute Gasteiger partial charge is 0.203 e. The number of aliphatic imine (C=N–C) groups is 1. The second-order valence-electron chi connectivity index (χ2n) is 8.57. The number of likely N-dealkylation sites (tertiary alicyclic amines) is 1. The monoisotopic (exact) mass is 398 g/mol. The third kappa shape index (κ3) is 4.02. The zero-order chi connectivity index (χ0) is 20.3. The van der Waals surface area contributed by atoms with Crippen LogP contribution in [0.4, 0.5) is 5.82 Å². The summed E-state index contributed by atoms with van der Waals surface area (Å²) in [7, 11) is 1.91. The first kappa shape index (κ1) is 19.9. The minimum absolute atomic E-state index is 0.460. The van der Waals surface area contributed by atoms with Crippen molar-refractivity contribution < 1.29 is 0 Å². The van der Waals surface area contributed by atoms with Gasteiger partial charge in [0.05, 0.1) is 0 Å². The number of nitrogens with one attached hydrogen (secondary N) is 1. The molecule has 4 heterocycles. The molecule has 2 aromatic rings. The van der Waals surface area contributed by atoms with Gasteiger partial charge in [0.2, 0.25) is 5.65 Å². The molecule has 0 bridgehead atoms. The molecule has 158 valence electrons. The van der Waals surface area contributed by atoms with Gasteiger partial charge in [-0.05, 0) is 43.4 Å². The van der Waals surface area contributed by atoms with E-state index in [4.69, 9.17) is 0 Å². The molecule has 2 saturated heterocycles. The summed E-state index contributed by atoms with van der Waals surface area (Å²) < 4.78 is 1.94. The zero-order valence-electron chi connectivity index (χ0n) is 18.0. The third-order valence-electron chi connectivity index (χ3n) is 7.01. The Balaban J connectivity index is 1.37. The van der Waals surface area contributed by atoms with Gasteiger partial charge in [-0.2, -0.15) is 0 Å². The molecule has 0 amide bonds. The lowest BCUT2D eigenvalue weighted by atomic mass is 9.82. The topological polar surface area (TPSA) is 74.0 Å². The fourth-order valence-corrected chi connectivity index (χ4v) is 4.90. The molecule has 0 saturated carbocycles. The summed E-state index contributed by atoms with van der Waals surface area (Å²) in [5.74, 6) is 2.56. The van der Waals surface area contributed by atoms with Gasteiger partial charge in [-0.15, -0.1) is 10.2 Å². The van der Waals surface area contributed by atoms with Crippen molar-refractivity contribution in [3.05, 3.63) is 18.7 Å². The van der Waals surface area contributed by atoms with Gasteiger partial charge in [0, 0.05) is 52.2 Å². The Morgan fingerprint density at radius 1 is 1.31 bits per heavy atom. The second kappa shape index (κ2) is 8.55. The molecule has 2 aromatic heterocycles. The quantitative estimate of drug-likeness (QED) is 0.616. The first-order chi connectivity index (χ1) is 14.2. The van der Waals surface area contributed by atoms with Gasteiger partial charge in [-0.1, -0.05) is 13.8 Å². The summed E-state index contributed by atoms with van der Waals surface area (Å²) >= 11 is 0. The molecule has 29 heavy (non-hydrogen) atoms. The highest BCUT2D eigenvalue weighted by Crippen LogP contribution is 2.36. The lowest BCUT2D eigenvalue weighted by molar-refractivity contribution is 0.275. The van der Waals surface area contributed by atoms with Gasteiger partial charge >= 0.3 is 0 Å². The van der Waals surface area contributed by atoms with Crippen LogP contribution in [0, 0.1) is 11.3 Å². The maximum absolute atomic E-state index is 4.60. The predicted octanol–water partition coefficient (Wildman–Crippen LogP) is 2.43. The van der Waals surface area contributed by atoms with Crippen LogP contribution < -0.4 is 10.2 Å². The summed E-state index contributed by atoms with van der Waals surface area (Å²) in [6, 6.07) is 0. The van der Waals surface area contributed by atoms with Gasteiger partial charge in [0.15, 0.2) is 11.8 Å². The van der Waals surface area contributed by atoms with Crippen LogP contribution in [0.5, 0.6) is 0 Å². The van der Waals surface area contributed by atoms with Crippen LogP contribution in [0.25, 0.3) is 5.65 Å². The minimum atomic E-state index is 0.460. The van der Waals surface area contributed by atoms with Crippen molar-refractivity contribution in [3.63, 3.8) is 0 Å². The molecule has 1 atom stereocenters. The minimum Gasteiger partial charge on any atom is -0.356 e. The molecule has 2 aliphatic rings. The van der Waals surface area contributed by atoms with Crippen LogP contribution in [0.2, 0.25) is 0 Å². The average molecular weight is 399 g/mol. The first-order valence-electron chi connectivity index (χ1n) is 11.0. The lowest BCUT2D eigenvalue weighted by Gasteiger charge is -2.34. The average Bonchev–Trinajstić information content (AvgIpc) is 3.42. The van der Waals surface area contributed by atoms with Gasteiger partial charge < -0.3 is 15.1 Å². The Labute approximate surface area is 173 Å². The summed E-state index contributed by atoms with van der Waals surface area (Å²) in [6.07, 6.45) is 11.6. The van der Waals surface area contributed by atoms with Gasteiger partial charge in [0.25, 0.3) is 0 Å². The Bertz CT molecular complexity index is 840. The highest BCUT2D eigenvalue weighted by molar-refractivity contribution is 5.80. The molecular weight excluding hydrogens is 364 g/mol. The number of rotatable bonds is 5. The molecular formula is C21H34N8. The molecule has 0 radical (unpaired) electrons. The highest BCUT2D eigenvalue weighted by atomic mass is 15.3. The molecule has 2 fully saturated rings. The number of fused-ring (bicyclic) bond motifs is 1. The number of nitrogens with zero attached hydrogens (tertiary/aromatic N) is 7. The zero-order valence-corrected chi connectivity index (χ0v) is 18.0. The number of piperidine rings is 1. The van der Waals surface area contributed by atoms with Crippen molar-refractivity contribution in [1.82, 2.24) is 29.8 Å². The number of aromatic nitrogens is 4. The van der Waals surface area contributed by atoms with Crippen molar-refractivity contribution in [2.45, 2.75) is 46.0 Å². The van der Waals surface area contributed by atoms with Crippen LogP contribution in [0.3, 0.4) is 0 Å². The first-order valence-corrected chi connectivity index (χ1v) is 11.0. The largest absolute Gasteiger partial charge is 0.356 e. The van der Waals surface area contributed by atoms with Crippen molar-refractivity contribution in [1.29, 1.82) is 0 Å². The molecule has 2 aliphatic heterocycles. The lowest BCUT2D eigenvalue weighted by Crippen LogP contribution is -2.46. The maximum atomic E-state index is 4.60. The molecule has 0 aliphatic carbocycles. The van der Waals surface area contributed by atoms with E-state index in [0.29, 0.717) is 11.3 Å². The molecule has 0 spiro atoms. The Hall–Kier alpha value is -2.38. The van der Waals surface area contributed by atoms with Gasteiger partial charge in [0.1, 0.15) is 6.33 Å². The number of anilines is 1. The van der Waals surface area contributed by atoms with Gasteiger partial charge in [-0.3, -0.25) is 9.39 Å². The van der Waals surface area contributed by atoms with E-state index in [1.807, 2.05) is 23.8 Å². The predicted molar refractivity (Wildman–Crippen MR) is 116 cm³/mol. The second-order valence-corrected chi connectivity index (χ2v) is 8.57. The van der Waals surface area contributed by atoms with Crippen LogP contribution >= 0.6 is 0 Å². The number of guanidine groups is 1. The summed E-state index contributed by atoms with van der Waals surface area (Å²) in [5, 5.41) is 12.0. The fraction of sp³-hybridized carbons (Fsp3) is 0.714. The normalized spacial score (nSPS) is 22.4. The van der Waals surface area contributed by atoms with Crippen molar-refractivity contribution >= 4 is 17.4 Å². The van der Waals surface area contributed by atoms with E-state index in [1.165, 1.54) is 32.1 Å². The molecule has 8 nitrogen and oxygen atoms in total. The Morgan fingerprint density at radius 3 is 2.93 bits per heavy atom. The third-order valence-corrected chi connectivity index (χ3v) is 7.01. The van der Waals surface area contributed by atoms with E-state index in [0.717, 1.165) is 50.1 Å². The Morgan fingerprint density at radius 2 is 2.17 bits per heavy atom. The van der Waals surface area contributed by atoms with E-state index in [2.05, 4.69) is 49.1 Å². The van der Waals surface area contributed by atoms with Crippen LogP contribution in [0.15, 0.2) is 23.7 Å². The number of hydrogen-bond donors (Lipinski definition) is 1. The van der Waals surface area contributed by atoms with E-state index < -0.39 is 0 Å². The Kier molecular flexibility index (Phi) is 5.87. The van der Waals surface area contributed by atoms with Crippen molar-refractivity contribution in [2.24, 2.45) is 16.3 Å². The van der Waals surface area contributed by atoms with E-state index in [-0.39, 0.29) is 0 Å². The molecule has 8 heteroatoms. The summed E-state index contributed by atoms with van der Waals surface area (Å²) in [6.45, 7) is 9.82. The fourth-order valence-electron chi connectivity index (χ4n) is 4.90. The van der Waals surface area contributed by atoms with Crippen molar-refractivity contribution in [3.8, 4) is 0 Å². The standard InChI is InChI=1S/C21H34N8/c1-4-21(5-2)8-11-28(15-21)20(22-3)24-13-17-7-6-10-27(14-17)18-19-26-25-16-29(19)12-9-23-18/h9,12,16-17H,4-8,10-11,13-15H2,1-3H3,(H,22,24). The molecule has 1 N–H and O–H groups in total. The summed E-state index contributed by atoms with van der Waals surface area (Å²) in [4.78, 5) is 14.0. The number of hydrogen-bond acceptors (Lipinski definition) is 5. The van der Waals surface area contributed by atoms with Crippen LogP contribution in [-0.4, -0.2) is 70.2 Å².